The zero-order valence-electron chi connectivity index (χ0n) is 10.4. The molecule has 0 rings (SSSR count). The van der Waals surface area contributed by atoms with Crippen LogP contribution in [0.25, 0.3) is 0 Å². The topological polar surface area (TPSA) is 17.1 Å². The van der Waals surface area contributed by atoms with Gasteiger partial charge in [-0.15, -0.1) is 0 Å². The van der Waals surface area contributed by atoms with Crippen LogP contribution in [0, 0.1) is 5.92 Å². The van der Waals surface area contributed by atoms with Crippen LogP contribution in [0.3, 0.4) is 0 Å². The Hall–Kier alpha value is -0.192. The summed E-state index contributed by atoms with van der Waals surface area (Å²) < 4.78 is 72.1. The maximum absolute atomic E-state index is 12.4. The van der Waals surface area contributed by atoms with E-state index in [2.05, 4.69) is 0 Å². The third kappa shape index (κ3) is 4.48. The number of alkyl halides is 6. The Morgan fingerprint density at radius 1 is 0.833 bits per heavy atom. The molecule has 0 aliphatic carbocycles. The molecule has 0 aliphatic rings. The van der Waals surface area contributed by atoms with Gasteiger partial charge in [-0.3, -0.25) is 0 Å². The fraction of sp³-hybridized carbons (Fsp3) is 0.900. The third-order valence-corrected chi connectivity index (χ3v) is 8.55. The molecule has 0 aromatic carbocycles. The van der Waals surface area contributed by atoms with Gasteiger partial charge in [0.15, 0.2) is 0 Å². The number of carbonyl (C=O) groups is 1. The minimum absolute atomic E-state index is 0.433. The van der Waals surface area contributed by atoms with Crippen LogP contribution < -0.4 is 0 Å². The summed E-state index contributed by atoms with van der Waals surface area (Å²) >= 11 is -2.89. The molecule has 8 heteroatoms. The molecular weight excluding hydrogens is 325 g/mol. The van der Waals surface area contributed by atoms with Gasteiger partial charge >= 0.3 is 106 Å². The number of rotatable bonds is 4. The van der Waals surface area contributed by atoms with E-state index in [1.807, 2.05) is 0 Å². The molecule has 0 saturated carbocycles. The van der Waals surface area contributed by atoms with Crippen LogP contribution in [0.1, 0.15) is 27.7 Å². The van der Waals surface area contributed by atoms with Crippen molar-refractivity contribution >= 4 is 19.2 Å². The molecule has 0 fully saturated rings. The second kappa shape index (κ2) is 5.84. The van der Waals surface area contributed by atoms with Crippen molar-refractivity contribution in [3.05, 3.63) is 0 Å². The van der Waals surface area contributed by atoms with Crippen molar-refractivity contribution in [3.63, 3.8) is 0 Å². The van der Waals surface area contributed by atoms with E-state index in [4.69, 9.17) is 0 Å². The van der Waals surface area contributed by atoms with E-state index in [-0.39, 0.29) is 0 Å². The van der Waals surface area contributed by atoms with Crippen molar-refractivity contribution in [3.8, 4) is 0 Å². The first kappa shape index (κ1) is 17.8. The van der Waals surface area contributed by atoms with Crippen molar-refractivity contribution in [2.45, 2.75) is 49.5 Å². The minimum atomic E-state index is -5.56. The predicted molar refractivity (Wildman–Crippen MR) is 56.6 cm³/mol. The molecule has 0 bridgehead atoms. The summed E-state index contributed by atoms with van der Waals surface area (Å²) in [7, 11) is 0. The Morgan fingerprint density at radius 3 is 1.28 bits per heavy atom. The van der Waals surface area contributed by atoms with Crippen LogP contribution in [-0.4, -0.2) is 31.6 Å². The summed E-state index contributed by atoms with van der Waals surface area (Å²) in [4.78, 5) is 11.6. The third-order valence-electron chi connectivity index (χ3n) is 2.27. The Bertz CT molecular complexity index is 272. The molecule has 0 saturated heterocycles. The van der Waals surface area contributed by atoms with E-state index >= 15 is 0 Å². The fourth-order valence-corrected chi connectivity index (χ4v) is 7.60. The van der Waals surface area contributed by atoms with Gasteiger partial charge in [0.05, 0.1) is 0 Å². The van der Waals surface area contributed by atoms with Crippen LogP contribution in [0.15, 0.2) is 0 Å². The van der Waals surface area contributed by atoms with Gasteiger partial charge in [-0.25, -0.2) is 0 Å². The first-order valence-electron chi connectivity index (χ1n) is 5.25. The molecule has 0 atom stereocenters. The van der Waals surface area contributed by atoms with Gasteiger partial charge in [-0.05, 0) is 0 Å². The first-order valence-corrected chi connectivity index (χ1v) is 8.36. The van der Waals surface area contributed by atoms with Crippen LogP contribution in [0.4, 0.5) is 26.3 Å². The Kier molecular flexibility index (Phi) is 5.78. The van der Waals surface area contributed by atoms with Crippen molar-refractivity contribution in [2.75, 3.05) is 0 Å². The Morgan fingerprint density at radius 2 is 1.11 bits per heavy atom. The average Bonchev–Trinajstić information content (AvgIpc) is 1.93. The Labute approximate surface area is 106 Å². The van der Waals surface area contributed by atoms with E-state index in [1.54, 1.807) is 0 Å². The van der Waals surface area contributed by atoms with Gasteiger partial charge in [-0.1, -0.05) is 0 Å². The normalized spacial score (nSPS) is 14.1. The van der Waals surface area contributed by atoms with Gasteiger partial charge in [0.25, 0.3) is 0 Å². The molecule has 108 valence electrons. The molecule has 0 heterocycles. The quantitative estimate of drug-likeness (QED) is 0.555. The van der Waals surface area contributed by atoms with Crippen molar-refractivity contribution < 1.29 is 31.1 Å². The summed E-state index contributed by atoms with van der Waals surface area (Å²) in [6, 6.07) is 0. The van der Waals surface area contributed by atoms with Crippen LogP contribution >= 0.6 is 0 Å². The fourth-order valence-electron chi connectivity index (χ4n) is 1.72. The molecule has 1 nitrogen and oxygen atoms in total. The molecule has 0 N–H and O–H groups in total. The summed E-state index contributed by atoms with van der Waals surface area (Å²) in [5, 5.41) is 0. The Balaban J connectivity index is 5.46. The van der Waals surface area contributed by atoms with Crippen molar-refractivity contribution in [1.29, 1.82) is 0 Å². The average molecular weight is 340 g/mol. The number of hydrogen-bond donors (Lipinski definition) is 0. The van der Waals surface area contributed by atoms with Gasteiger partial charge in [0.1, 0.15) is 0 Å². The standard InChI is InChI=1S/C10H15AsF6O/c1-5(2)11(6(3)4)8(18)7(9(12,13)14)10(15,16)17/h5-7H,1-4H3. The molecule has 0 aromatic heterocycles. The second-order valence-electron chi connectivity index (χ2n) is 4.45. The zero-order chi connectivity index (χ0) is 14.9. The summed E-state index contributed by atoms with van der Waals surface area (Å²) in [6.07, 6.45) is -11.1. The number of halogens is 6. The van der Waals surface area contributed by atoms with Gasteiger partial charge in [-0.2, -0.15) is 0 Å². The second-order valence-corrected chi connectivity index (χ2v) is 11.4. The number of carbonyl (C=O) groups excluding carboxylic acids is 1. The predicted octanol–water partition coefficient (Wildman–Crippen LogP) is 4.15. The number of hydrogen-bond acceptors (Lipinski definition) is 1. The molecule has 0 spiro atoms. The van der Waals surface area contributed by atoms with E-state index in [0.29, 0.717) is 0 Å². The van der Waals surface area contributed by atoms with Gasteiger partial charge < -0.3 is 0 Å². The van der Waals surface area contributed by atoms with Crippen LogP contribution in [0.2, 0.25) is 9.41 Å². The van der Waals surface area contributed by atoms with Gasteiger partial charge in [0, 0.05) is 0 Å². The maximum atomic E-state index is 12.4. The van der Waals surface area contributed by atoms with Gasteiger partial charge in [0.2, 0.25) is 0 Å². The monoisotopic (exact) mass is 340 g/mol. The van der Waals surface area contributed by atoms with Crippen molar-refractivity contribution in [1.82, 2.24) is 0 Å². The SMILES string of the molecule is CC(C)[As](C(=O)C(C(F)(F)F)C(F)(F)F)C(C)C. The van der Waals surface area contributed by atoms with E-state index in [9.17, 15) is 31.1 Å². The summed E-state index contributed by atoms with van der Waals surface area (Å²) in [5.41, 5.74) is 0. The summed E-state index contributed by atoms with van der Waals surface area (Å²) in [6.45, 7) is 6.01. The molecule has 0 aromatic rings. The molecule has 0 aliphatic heterocycles. The molecule has 0 radical (unpaired) electrons. The molecule has 18 heavy (non-hydrogen) atoms. The van der Waals surface area contributed by atoms with E-state index in [0.717, 1.165) is 0 Å². The van der Waals surface area contributed by atoms with Crippen LogP contribution in [0.5, 0.6) is 0 Å². The van der Waals surface area contributed by atoms with Crippen molar-refractivity contribution in [2.24, 2.45) is 5.92 Å². The first-order chi connectivity index (χ1) is 7.80. The molecular formula is C10H15AsF6O. The van der Waals surface area contributed by atoms with Crippen LogP contribution in [-0.2, 0) is 4.79 Å². The molecule has 0 amide bonds. The zero-order valence-corrected chi connectivity index (χ0v) is 12.2. The molecule has 0 unspecified atom stereocenters. The van der Waals surface area contributed by atoms with E-state index in [1.165, 1.54) is 27.7 Å². The summed E-state index contributed by atoms with van der Waals surface area (Å²) in [5.74, 6) is -3.82. The van der Waals surface area contributed by atoms with E-state index < -0.39 is 46.9 Å².